The number of hydrogen-bond acceptors (Lipinski definition) is 16. The number of nitrogens with one attached hydrogen (secondary N) is 13. The molecular weight excluding hydrogens is 1180 g/mol. The maximum Gasteiger partial charge on any atom is 0.323 e. The van der Waals surface area contributed by atoms with E-state index in [-0.39, 0.29) is 70.1 Å². The molecule has 2 aliphatic rings. The van der Waals surface area contributed by atoms with E-state index in [1.807, 2.05) is 30.3 Å². The van der Waals surface area contributed by atoms with E-state index < -0.39 is 132 Å². The fourth-order valence-corrected chi connectivity index (χ4v) is 11.2. The van der Waals surface area contributed by atoms with E-state index in [9.17, 15) is 58.2 Å². The highest BCUT2D eigenvalue weighted by Crippen LogP contribution is 2.29. The molecule has 91 heavy (non-hydrogen) atoms. The van der Waals surface area contributed by atoms with Gasteiger partial charge in [-0.2, -0.15) is 0 Å². The summed E-state index contributed by atoms with van der Waals surface area (Å²) in [6, 6.07) is 2.47. The largest absolute Gasteiger partial charge is 0.480 e. The molecule has 0 aliphatic carbocycles. The average Bonchev–Trinajstić information content (AvgIpc) is 3.61. The van der Waals surface area contributed by atoms with E-state index in [0.29, 0.717) is 52.8 Å². The predicted molar refractivity (Wildman–Crippen MR) is 331 cm³/mol. The minimum atomic E-state index is -1.77. The summed E-state index contributed by atoms with van der Waals surface area (Å²) in [7, 11) is 0. The Hall–Kier alpha value is -9.32. The molecule has 488 valence electrons. The number of rotatable bonds is 33. The molecule has 10 atom stereocenters. The maximum atomic E-state index is 14.9. The van der Waals surface area contributed by atoms with Gasteiger partial charge in [0.25, 0.3) is 0 Å². The molecule has 29 heteroatoms. The summed E-state index contributed by atoms with van der Waals surface area (Å²) in [5, 5.41) is 46.9. The Morgan fingerprint density at radius 1 is 0.637 bits per heavy atom. The van der Waals surface area contributed by atoms with E-state index in [2.05, 4.69) is 77.8 Å². The van der Waals surface area contributed by atoms with Gasteiger partial charge < -0.3 is 83.2 Å². The number of carbonyl (C=O) groups is 10. The van der Waals surface area contributed by atoms with Crippen molar-refractivity contribution in [1.82, 2.24) is 77.8 Å². The summed E-state index contributed by atoms with van der Waals surface area (Å²) in [5.74, 6) is -7.93. The lowest BCUT2D eigenvalue weighted by atomic mass is 9.94. The van der Waals surface area contributed by atoms with Crippen molar-refractivity contribution in [3.8, 4) is 0 Å². The Kier molecular flexibility index (Phi) is 23.0. The van der Waals surface area contributed by atoms with E-state index in [1.54, 1.807) is 58.3 Å². The first kappa shape index (κ1) is 67.6. The van der Waals surface area contributed by atoms with Crippen LogP contribution < -0.4 is 53.6 Å². The number of ether oxygens (including phenoxy) is 1. The van der Waals surface area contributed by atoms with E-state index in [0.717, 1.165) is 10.9 Å². The average molecular weight is 1260 g/mol. The zero-order chi connectivity index (χ0) is 65.4. The zero-order valence-corrected chi connectivity index (χ0v) is 51.2. The van der Waals surface area contributed by atoms with Crippen molar-refractivity contribution in [2.75, 3.05) is 19.8 Å². The quantitative estimate of drug-likeness (QED) is 0.0232. The fourth-order valence-electron chi connectivity index (χ4n) is 11.2. The number of nitrogens with zero attached hydrogens (tertiary/aromatic N) is 2. The third-order valence-electron chi connectivity index (χ3n) is 16.4. The molecule has 0 saturated carbocycles. The standard InChI is InChI=1S/C62H82N16O13/c1-5-62(60(89)90)20-19-43(78-62)52(81)42(16-10-11-21-63)71-54(83)45(22-34-26-66-40-14-8-6-12-38(34)40)73-59(88)50(31-91-61(2,3)4)77-57(86)48(25-37-29-65-33-69-37)75-58(87)49(30-79)76-55(84)46(23-35-27-67-41-15-9-7-13-39(35)41)72-56(85)47(24-36-28-64-32-68-36)74-53(82)44-17-18-51(80)70-44/h6-9,12-15,26-29,32-33,42-50,66-67,78-79H,5,10-11,16-25,30-31,63H2,1-4H3,(H,64,68)(H,65,69)(H,70,80)(H,71,83)(H,72,85)(H,73,88)(H,74,82)(H,75,87)(H,76,84)(H,77,86)(H,89,90)/t42-,43?,44-,45-,46-,47-,48-,49-,50-,62-/m0/s1. The van der Waals surface area contributed by atoms with Gasteiger partial charge >= 0.3 is 5.97 Å². The number of Topliss-reactive ketones (excluding diaryl/α,β-unsaturated/α-hetero) is 1. The number of hydrogen-bond donors (Lipinski definition) is 16. The summed E-state index contributed by atoms with van der Waals surface area (Å²) in [5.41, 5.74) is 7.06. The van der Waals surface area contributed by atoms with Gasteiger partial charge in [0, 0.05) is 90.1 Å². The van der Waals surface area contributed by atoms with Gasteiger partial charge in [-0.05, 0) is 95.5 Å². The molecule has 2 aliphatic heterocycles. The molecule has 17 N–H and O–H groups in total. The lowest BCUT2D eigenvalue weighted by Crippen LogP contribution is -2.62. The number of H-pyrrole nitrogens is 4. The van der Waals surface area contributed by atoms with Crippen LogP contribution in [-0.2, 0) is 78.4 Å². The summed E-state index contributed by atoms with van der Waals surface area (Å²) in [4.78, 5) is 160. The number of para-hydroxylation sites is 2. The number of nitrogens with two attached hydrogens (primary N) is 1. The number of aliphatic carboxylic acids is 1. The number of carbonyl (C=O) groups excluding carboxylic acids is 9. The Morgan fingerprint density at radius 3 is 1.58 bits per heavy atom. The number of benzene rings is 2. The third-order valence-corrected chi connectivity index (χ3v) is 16.4. The van der Waals surface area contributed by atoms with Gasteiger partial charge in [-0.15, -0.1) is 0 Å². The Bertz CT molecular complexity index is 3530. The van der Waals surface area contributed by atoms with Crippen LogP contribution in [0.15, 0.2) is 86.0 Å². The first-order valence-corrected chi connectivity index (χ1v) is 30.5. The lowest BCUT2D eigenvalue weighted by Gasteiger charge is -2.29. The van der Waals surface area contributed by atoms with Crippen molar-refractivity contribution >= 4 is 80.8 Å². The normalized spacial score (nSPS) is 18.8. The third kappa shape index (κ3) is 18.0. The smallest absolute Gasteiger partial charge is 0.323 e. The van der Waals surface area contributed by atoms with Gasteiger partial charge in [0.1, 0.15) is 47.8 Å². The van der Waals surface area contributed by atoms with E-state index >= 15 is 0 Å². The maximum absolute atomic E-state index is 14.9. The molecule has 2 fully saturated rings. The molecule has 29 nitrogen and oxygen atoms in total. The molecular formula is C62H82N16O13. The first-order valence-electron chi connectivity index (χ1n) is 30.5. The Labute approximate surface area is 523 Å². The van der Waals surface area contributed by atoms with Gasteiger partial charge in [0.15, 0.2) is 5.78 Å². The minimum absolute atomic E-state index is 0.109. The van der Waals surface area contributed by atoms with E-state index in [1.165, 1.54) is 25.0 Å². The van der Waals surface area contributed by atoms with Crippen LogP contribution in [0.2, 0.25) is 0 Å². The summed E-state index contributed by atoms with van der Waals surface area (Å²) in [6.45, 7) is 5.69. The molecule has 0 spiro atoms. The second-order valence-corrected chi connectivity index (χ2v) is 24.0. The van der Waals surface area contributed by atoms with Crippen LogP contribution in [0.3, 0.4) is 0 Å². The number of aromatic amines is 4. The number of aliphatic hydroxyl groups excluding tert-OH is 1. The second kappa shape index (κ2) is 30.9. The molecule has 2 saturated heterocycles. The Morgan fingerprint density at radius 2 is 1.12 bits per heavy atom. The highest BCUT2D eigenvalue weighted by molar-refractivity contribution is 6.00. The second-order valence-electron chi connectivity index (χ2n) is 24.0. The van der Waals surface area contributed by atoms with E-state index in [4.69, 9.17) is 10.5 Å². The summed E-state index contributed by atoms with van der Waals surface area (Å²) in [6.07, 6.45) is 10.3. The first-order chi connectivity index (χ1) is 43.6. The van der Waals surface area contributed by atoms with Crippen LogP contribution in [-0.4, -0.2) is 184 Å². The Balaban J connectivity index is 1.03. The van der Waals surface area contributed by atoms with Crippen molar-refractivity contribution < 1.29 is 62.9 Å². The number of unbranched alkanes of at least 4 members (excludes halogenated alkanes) is 1. The highest BCUT2D eigenvalue weighted by atomic mass is 16.5. The minimum Gasteiger partial charge on any atom is -0.480 e. The topological polar surface area (TPSA) is 444 Å². The number of imidazole rings is 2. The molecule has 0 radical (unpaired) electrons. The van der Waals surface area contributed by atoms with Crippen molar-refractivity contribution in [2.24, 2.45) is 5.73 Å². The van der Waals surface area contributed by atoms with Gasteiger partial charge in [-0.1, -0.05) is 43.3 Å². The highest BCUT2D eigenvalue weighted by Gasteiger charge is 2.47. The summed E-state index contributed by atoms with van der Waals surface area (Å²) >= 11 is 0. The number of amides is 8. The van der Waals surface area contributed by atoms with Crippen molar-refractivity contribution in [1.29, 1.82) is 0 Å². The molecule has 8 amide bonds. The van der Waals surface area contributed by atoms with Gasteiger partial charge in [0.05, 0.1) is 43.6 Å². The van der Waals surface area contributed by atoms with Crippen molar-refractivity contribution in [3.63, 3.8) is 0 Å². The number of fused-ring (bicyclic) bond motifs is 2. The van der Waals surface area contributed by atoms with Crippen LogP contribution >= 0.6 is 0 Å². The van der Waals surface area contributed by atoms with Gasteiger partial charge in [0.2, 0.25) is 47.3 Å². The molecule has 6 heterocycles. The van der Waals surface area contributed by atoms with Crippen LogP contribution in [0, 0.1) is 0 Å². The lowest BCUT2D eigenvalue weighted by molar-refractivity contribution is -0.144. The van der Waals surface area contributed by atoms with Gasteiger partial charge in [-0.25, -0.2) is 9.97 Å². The molecule has 2 aromatic carbocycles. The molecule has 0 bridgehead atoms. The summed E-state index contributed by atoms with van der Waals surface area (Å²) < 4.78 is 6.09. The molecule has 4 aromatic heterocycles. The fraction of sp³-hybridized carbons (Fsp3) is 0.484. The number of carboxylic acids is 1. The molecule has 6 aromatic rings. The molecule has 8 rings (SSSR count). The monoisotopic (exact) mass is 1260 g/mol. The van der Waals surface area contributed by atoms with Crippen LogP contribution in [0.5, 0.6) is 0 Å². The van der Waals surface area contributed by atoms with Crippen LogP contribution in [0.1, 0.15) is 102 Å². The number of aromatic nitrogens is 6. The van der Waals surface area contributed by atoms with Crippen LogP contribution in [0.25, 0.3) is 21.8 Å². The molecule has 1 unspecified atom stereocenters. The van der Waals surface area contributed by atoms with Gasteiger partial charge in [-0.3, -0.25) is 53.3 Å². The SMILES string of the molecule is CC[C@@]1(C(=O)O)CCC(C(=O)[C@H](CCCCN)NC(=O)[C@H](Cc2c[nH]c3ccccc23)NC(=O)[C@H](COC(C)(C)C)NC(=O)[C@H](Cc2cnc[nH]2)NC(=O)[C@H](CO)NC(=O)[C@H](Cc2c[nH]c3ccccc23)NC(=O)[C@H](Cc2cnc[nH]2)NC(=O)[C@@H]2CCC(=O)N2)N1. The van der Waals surface area contributed by atoms with Crippen LogP contribution in [0.4, 0.5) is 0 Å². The number of carboxylic acid groups (broad SMARTS) is 1. The van der Waals surface area contributed by atoms with Crippen molar-refractivity contribution in [2.45, 2.75) is 170 Å². The predicted octanol–water partition coefficient (Wildman–Crippen LogP) is -0.471. The number of aliphatic hydroxyl groups is 1. The van der Waals surface area contributed by atoms with Crippen molar-refractivity contribution in [3.05, 3.63) is 108 Å². The number of ketones is 1. The zero-order valence-electron chi connectivity index (χ0n) is 51.2.